The van der Waals surface area contributed by atoms with Crippen molar-refractivity contribution in [1.82, 2.24) is 5.32 Å². The molecule has 0 fully saturated rings. The summed E-state index contributed by atoms with van der Waals surface area (Å²) in [5.74, 6) is -0.195. The molecule has 1 atom stereocenters. The molecule has 0 bridgehead atoms. The van der Waals surface area contributed by atoms with Crippen molar-refractivity contribution in [3.8, 4) is 0 Å². The molecule has 4 nitrogen and oxygen atoms in total. The number of nitrogens with one attached hydrogen (secondary N) is 2. The first-order chi connectivity index (χ1) is 11.7. The van der Waals surface area contributed by atoms with Crippen LogP contribution in [0.25, 0.3) is 0 Å². The topological polar surface area (TPSA) is 58.2 Å². The van der Waals surface area contributed by atoms with Crippen LogP contribution in [0.4, 0.5) is 5.69 Å². The minimum Gasteiger partial charge on any atom is -0.352 e. The molecular formula is C20H24N2O2. The Kier molecular flexibility index (Phi) is 7.02. The van der Waals surface area contributed by atoms with Crippen LogP contribution in [0, 0.1) is 5.92 Å². The Labute approximate surface area is 143 Å². The molecule has 126 valence electrons. The van der Waals surface area contributed by atoms with E-state index in [-0.39, 0.29) is 17.7 Å². The van der Waals surface area contributed by atoms with E-state index in [9.17, 15) is 9.59 Å². The van der Waals surface area contributed by atoms with E-state index in [0.717, 1.165) is 17.7 Å². The van der Waals surface area contributed by atoms with E-state index < -0.39 is 0 Å². The molecule has 0 aliphatic rings. The predicted octanol–water partition coefficient (Wildman–Crippen LogP) is 3.75. The van der Waals surface area contributed by atoms with Gasteiger partial charge >= 0.3 is 0 Å². The van der Waals surface area contributed by atoms with Crippen molar-refractivity contribution in [1.29, 1.82) is 0 Å². The first-order valence-corrected chi connectivity index (χ1v) is 8.35. The third kappa shape index (κ3) is 5.88. The maximum absolute atomic E-state index is 12.3. The third-order valence-electron chi connectivity index (χ3n) is 3.95. The van der Waals surface area contributed by atoms with Gasteiger partial charge in [-0.25, -0.2) is 0 Å². The number of anilines is 1. The van der Waals surface area contributed by atoms with Crippen molar-refractivity contribution >= 4 is 17.5 Å². The molecule has 0 unspecified atom stereocenters. The highest BCUT2D eigenvalue weighted by Gasteiger charge is 2.17. The highest BCUT2D eigenvalue weighted by atomic mass is 16.2. The van der Waals surface area contributed by atoms with E-state index in [4.69, 9.17) is 0 Å². The van der Waals surface area contributed by atoms with E-state index >= 15 is 0 Å². The molecule has 2 aromatic carbocycles. The Balaban J connectivity index is 1.76. The van der Waals surface area contributed by atoms with Crippen molar-refractivity contribution in [2.75, 3.05) is 5.32 Å². The largest absolute Gasteiger partial charge is 0.352 e. The third-order valence-corrected chi connectivity index (χ3v) is 3.95. The van der Waals surface area contributed by atoms with Gasteiger partial charge < -0.3 is 10.6 Å². The number of hydrogen-bond donors (Lipinski definition) is 2. The molecule has 0 aliphatic heterocycles. The number of para-hydroxylation sites is 1. The Morgan fingerprint density at radius 3 is 2.21 bits per heavy atom. The van der Waals surface area contributed by atoms with Gasteiger partial charge in [0.2, 0.25) is 11.8 Å². The van der Waals surface area contributed by atoms with Crippen LogP contribution in [0.3, 0.4) is 0 Å². The Morgan fingerprint density at radius 2 is 1.58 bits per heavy atom. The second-order valence-electron chi connectivity index (χ2n) is 5.76. The maximum atomic E-state index is 12.3. The fourth-order valence-corrected chi connectivity index (χ4v) is 2.50. The van der Waals surface area contributed by atoms with Gasteiger partial charge in [0, 0.05) is 24.6 Å². The van der Waals surface area contributed by atoms with Gasteiger partial charge in [0.25, 0.3) is 0 Å². The Morgan fingerprint density at radius 1 is 0.958 bits per heavy atom. The molecule has 0 saturated heterocycles. The Bertz CT molecular complexity index is 641. The second-order valence-corrected chi connectivity index (χ2v) is 5.76. The summed E-state index contributed by atoms with van der Waals surface area (Å²) < 4.78 is 0. The highest BCUT2D eigenvalue weighted by Crippen LogP contribution is 2.13. The van der Waals surface area contributed by atoms with Crippen molar-refractivity contribution in [3.05, 3.63) is 66.2 Å². The average molecular weight is 324 g/mol. The molecule has 24 heavy (non-hydrogen) atoms. The monoisotopic (exact) mass is 324 g/mol. The van der Waals surface area contributed by atoms with Gasteiger partial charge in [-0.1, -0.05) is 55.5 Å². The normalized spacial score (nSPS) is 11.5. The quantitative estimate of drug-likeness (QED) is 0.777. The van der Waals surface area contributed by atoms with E-state index in [0.29, 0.717) is 19.4 Å². The van der Waals surface area contributed by atoms with Crippen LogP contribution in [0.15, 0.2) is 60.7 Å². The summed E-state index contributed by atoms with van der Waals surface area (Å²) in [6.07, 6.45) is 1.61. The van der Waals surface area contributed by atoms with Crippen LogP contribution in [0.2, 0.25) is 0 Å². The zero-order valence-electron chi connectivity index (χ0n) is 14.0. The van der Waals surface area contributed by atoms with Gasteiger partial charge in [-0.2, -0.15) is 0 Å². The molecule has 2 amide bonds. The number of carbonyl (C=O) groups excluding carboxylic acids is 2. The minimum absolute atomic E-state index is 0.00821. The van der Waals surface area contributed by atoms with Crippen LogP contribution in [-0.2, 0) is 16.1 Å². The van der Waals surface area contributed by atoms with Gasteiger partial charge in [-0.15, -0.1) is 0 Å². The molecular weight excluding hydrogens is 300 g/mol. The minimum atomic E-state index is -0.143. The molecule has 0 saturated carbocycles. The second kappa shape index (κ2) is 9.50. The SMILES string of the molecule is CC[C@H](CCC(=O)Nc1ccccc1)C(=O)NCc1ccccc1. The van der Waals surface area contributed by atoms with Crippen LogP contribution < -0.4 is 10.6 Å². The zero-order valence-corrected chi connectivity index (χ0v) is 14.0. The summed E-state index contributed by atoms with van der Waals surface area (Å²) in [5, 5.41) is 5.80. The van der Waals surface area contributed by atoms with Crippen molar-refractivity contribution in [3.63, 3.8) is 0 Å². The number of hydrogen-bond acceptors (Lipinski definition) is 2. The van der Waals surface area contributed by atoms with Crippen molar-refractivity contribution in [2.24, 2.45) is 5.92 Å². The van der Waals surface area contributed by atoms with Gasteiger partial charge in [-0.05, 0) is 30.5 Å². The highest BCUT2D eigenvalue weighted by molar-refractivity contribution is 5.91. The predicted molar refractivity (Wildman–Crippen MR) is 96.4 cm³/mol. The standard InChI is InChI=1S/C20H24N2O2/c1-2-17(20(24)21-15-16-9-5-3-6-10-16)13-14-19(23)22-18-11-7-4-8-12-18/h3-12,17H,2,13-15H2,1H3,(H,21,24)(H,22,23)/t17-/m1/s1. The molecule has 2 N–H and O–H groups in total. The lowest BCUT2D eigenvalue weighted by Crippen LogP contribution is -2.30. The molecule has 4 heteroatoms. The molecule has 2 aromatic rings. The molecule has 0 aliphatic carbocycles. The summed E-state index contributed by atoms with van der Waals surface area (Å²) in [4.78, 5) is 24.3. The van der Waals surface area contributed by atoms with E-state index in [1.54, 1.807) is 0 Å². The number of rotatable bonds is 8. The summed E-state index contributed by atoms with van der Waals surface area (Å²) in [6.45, 7) is 2.49. The summed E-state index contributed by atoms with van der Waals surface area (Å²) in [7, 11) is 0. The van der Waals surface area contributed by atoms with Crippen LogP contribution in [0.5, 0.6) is 0 Å². The van der Waals surface area contributed by atoms with Crippen LogP contribution in [-0.4, -0.2) is 11.8 Å². The first-order valence-electron chi connectivity index (χ1n) is 8.35. The Hall–Kier alpha value is -2.62. The van der Waals surface area contributed by atoms with Gasteiger partial charge in [0.1, 0.15) is 0 Å². The first kappa shape index (κ1) is 17.7. The lowest BCUT2D eigenvalue weighted by Gasteiger charge is -2.15. The summed E-state index contributed by atoms with van der Waals surface area (Å²) in [5.41, 5.74) is 1.85. The lowest BCUT2D eigenvalue weighted by molar-refractivity contribution is -0.125. The van der Waals surface area contributed by atoms with Gasteiger partial charge in [0.15, 0.2) is 0 Å². The van der Waals surface area contributed by atoms with Crippen molar-refractivity contribution in [2.45, 2.75) is 32.7 Å². The fraction of sp³-hybridized carbons (Fsp3) is 0.300. The number of carbonyl (C=O) groups is 2. The molecule has 0 heterocycles. The molecule has 0 aromatic heterocycles. The number of benzene rings is 2. The molecule has 0 radical (unpaired) electrons. The fourth-order valence-electron chi connectivity index (χ4n) is 2.50. The summed E-state index contributed by atoms with van der Waals surface area (Å²) >= 11 is 0. The van der Waals surface area contributed by atoms with Gasteiger partial charge in [0.05, 0.1) is 0 Å². The van der Waals surface area contributed by atoms with Crippen molar-refractivity contribution < 1.29 is 9.59 Å². The average Bonchev–Trinajstić information content (AvgIpc) is 2.62. The summed E-state index contributed by atoms with van der Waals surface area (Å²) in [6, 6.07) is 19.2. The lowest BCUT2D eigenvalue weighted by atomic mass is 9.99. The zero-order chi connectivity index (χ0) is 17.2. The molecule has 0 spiro atoms. The maximum Gasteiger partial charge on any atom is 0.224 e. The van der Waals surface area contributed by atoms with Crippen LogP contribution in [0.1, 0.15) is 31.7 Å². The smallest absolute Gasteiger partial charge is 0.224 e. The van der Waals surface area contributed by atoms with E-state index in [1.807, 2.05) is 67.6 Å². The molecule has 2 rings (SSSR count). The van der Waals surface area contributed by atoms with E-state index in [1.165, 1.54) is 0 Å². The van der Waals surface area contributed by atoms with Crippen LogP contribution >= 0.6 is 0 Å². The van der Waals surface area contributed by atoms with Gasteiger partial charge in [-0.3, -0.25) is 9.59 Å². The number of amides is 2. The van der Waals surface area contributed by atoms with E-state index in [2.05, 4.69) is 10.6 Å².